The van der Waals surface area contributed by atoms with Crippen molar-refractivity contribution in [2.75, 3.05) is 6.61 Å². The number of fused-ring (bicyclic) bond motifs is 1. The van der Waals surface area contributed by atoms with Crippen LogP contribution in [0.4, 0.5) is 0 Å². The topological polar surface area (TPSA) is 57.2 Å². The normalized spacial score (nSPS) is 35.1. The molecule has 2 aliphatic heterocycles. The minimum atomic E-state index is -0.676. The summed E-state index contributed by atoms with van der Waals surface area (Å²) < 4.78 is 23.0. The summed E-state index contributed by atoms with van der Waals surface area (Å²) in [7, 11) is 0. The molecule has 3 rings (SSSR count). The van der Waals surface area contributed by atoms with Gasteiger partial charge in [-0.1, -0.05) is 30.3 Å². The maximum atomic E-state index is 9.40. The van der Waals surface area contributed by atoms with Crippen LogP contribution in [0.5, 0.6) is 0 Å². The Balaban J connectivity index is 1.67. The standard InChI is InChI=1S/C15H20O5/c1-15(2)19-13-12(11(8-16)18-14(13)20-15)17-9-10-6-4-3-5-7-10/h3-7,11-14,16H,8-9H2,1-2H3/t11-,12+,13-,14-/m0/s1. The SMILES string of the molecule is CC1(C)O[C@@H]2O[C@@H](CO)[C@@H](OCc3ccccc3)[C@@H]2O1. The second-order valence-corrected chi connectivity index (χ2v) is 5.59. The third-order valence-electron chi connectivity index (χ3n) is 3.55. The van der Waals surface area contributed by atoms with Gasteiger partial charge in [-0.25, -0.2) is 0 Å². The monoisotopic (exact) mass is 280 g/mol. The van der Waals surface area contributed by atoms with Gasteiger partial charge in [-0.2, -0.15) is 0 Å². The molecule has 5 heteroatoms. The Morgan fingerprint density at radius 3 is 2.65 bits per heavy atom. The molecule has 1 aromatic rings. The molecule has 0 unspecified atom stereocenters. The highest BCUT2D eigenvalue weighted by atomic mass is 16.8. The zero-order valence-corrected chi connectivity index (χ0v) is 11.7. The molecule has 1 aromatic carbocycles. The summed E-state index contributed by atoms with van der Waals surface area (Å²) in [6.07, 6.45) is -1.51. The van der Waals surface area contributed by atoms with E-state index in [0.29, 0.717) is 6.61 Å². The van der Waals surface area contributed by atoms with Crippen LogP contribution in [0.1, 0.15) is 19.4 Å². The van der Waals surface area contributed by atoms with Gasteiger partial charge in [0, 0.05) is 0 Å². The minimum Gasteiger partial charge on any atom is -0.394 e. The van der Waals surface area contributed by atoms with Crippen LogP contribution in [0, 0.1) is 0 Å². The Bertz CT molecular complexity index is 447. The summed E-state index contributed by atoms with van der Waals surface area (Å²) >= 11 is 0. The van der Waals surface area contributed by atoms with Crippen LogP contribution < -0.4 is 0 Å². The molecule has 2 fully saturated rings. The number of ether oxygens (including phenoxy) is 4. The molecule has 2 saturated heterocycles. The molecule has 0 saturated carbocycles. The van der Waals surface area contributed by atoms with Gasteiger partial charge in [0.15, 0.2) is 12.1 Å². The zero-order chi connectivity index (χ0) is 14.2. The highest BCUT2D eigenvalue weighted by Gasteiger charge is 2.55. The summed E-state index contributed by atoms with van der Waals surface area (Å²) in [5, 5.41) is 9.40. The molecule has 0 bridgehead atoms. The second kappa shape index (κ2) is 5.42. The van der Waals surface area contributed by atoms with Crippen molar-refractivity contribution in [1.29, 1.82) is 0 Å². The maximum absolute atomic E-state index is 9.40. The fourth-order valence-corrected chi connectivity index (χ4v) is 2.66. The van der Waals surface area contributed by atoms with Gasteiger partial charge < -0.3 is 24.1 Å². The van der Waals surface area contributed by atoms with Crippen molar-refractivity contribution in [3.63, 3.8) is 0 Å². The van der Waals surface area contributed by atoms with Gasteiger partial charge in [-0.15, -0.1) is 0 Å². The summed E-state index contributed by atoms with van der Waals surface area (Å²) in [4.78, 5) is 0. The van der Waals surface area contributed by atoms with Crippen molar-refractivity contribution in [2.45, 2.75) is 50.8 Å². The van der Waals surface area contributed by atoms with Crippen LogP contribution in [0.2, 0.25) is 0 Å². The smallest absolute Gasteiger partial charge is 0.190 e. The highest BCUT2D eigenvalue weighted by molar-refractivity contribution is 5.13. The Morgan fingerprint density at radius 2 is 1.95 bits per heavy atom. The maximum Gasteiger partial charge on any atom is 0.190 e. The number of rotatable bonds is 4. The number of aliphatic hydroxyl groups excluding tert-OH is 1. The van der Waals surface area contributed by atoms with Crippen molar-refractivity contribution in [3.05, 3.63) is 35.9 Å². The molecule has 1 N–H and O–H groups in total. The summed E-state index contributed by atoms with van der Waals surface area (Å²) in [5.74, 6) is -0.676. The first-order valence-electron chi connectivity index (χ1n) is 6.86. The molecule has 0 aliphatic carbocycles. The Kier molecular flexibility index (Phi) is 3.79. The lowest BCUT2D eigenvalue weighted by Crippen LogP contribution is -2.38. The molecule has 20 heavy (non-hydrogen) atoms. The number of benzene rings is 1. The largest absolute Gasteiger partial charge is 0.394 e. The first-order chi connectivity index (χ1) is 9.59. The molecule has 2 aliphatic rings. The predicted octanol–water partition coefficient (Wildman–Crippen LogP) is 1.44. The van der Waals surface area contributed by atoms with E-state index in [1.807, 2.05) is 44.2 Å². The van der Waals surface area contributed by atoms with E-state index in [9.17, 15) is 5.11 Å². The van der Waals surface area contributed by atoms with E-state index < -0.39 is 18.2 Å². The molecule has 110 valence electrons. The van der Waals surface area contributed by atoms with Gasteiger partial charge in [0.05, 0.1) is 13.2 Å². The van der Waals surface area contributed by atoms with Crippen LogP contribution in [-0.2, 0) is 25.6 Å². The first kappa shape index (κ1) is 14.0. The second-order valence-electron chi connectivity index (χ2n) is 5.59. The van der Waals surface area contributed by atoms with Gasteiger partial charge in [0.2, 0.25) is 0 Å². The third-order valence-corrected chi connectivity index (χ3v) is 3.55. The van der Waals surface area contributed by atoms with E-state index >= 15 is 0 Å². The van der Waals surface area contributed by atoms with Gasteiger partial charge in [-0.3, -0.25) is 0 Å². The van der Waals surface area contributed by atoms with E-state index in [-0.39, 0.29) is 18.8 Å². The molecule has 5 nitrogen and oxygen atoms in total. The first-order valence-corrected chi connectivity index (χ1v) is 6.86. The van der Waals surface area contributed by atoms with E-state index in [0.717, 1.165) is 5.56 Å². The Labute approximate surface area is 118 Å². The van der Waals surface area contributed by atoms with Gasteiger partial charge in [0.25, 0.3) is 0 Å². The van der Waals surface area contributed by atoms with Crippen molar-refractivity contribution < 1.29 is 24.1 Å². The van der Waals surface area contributed by atoms with Crippen molar-refractivity contribution >= 4 is 0 Å². The van der Waals surface area contributed by atoms with Crippen LogP contribution in [-0.4, -0.2) is 42.1 Å². The molecule has 4 atom stereocenters. The van der Waals surface area contributed by atoms with E-state index in [1.54, 1.807) is 0 Å². The lowest BCUT2D eigenvalue weighted by molar-refractivity contribution is -0.222. The number of hydrogen-bond acceptors (Lipinski definition) is 5. The predicted molar refractivity (Wildman–Crippen MR) is 70.8 cm³/mol. The fourth-order valence-electron chi connectivity index (χ4n) is 2.66. The van der Waals surface area contributed by atoms with Gasteiger partial charge in [0.1, 0.15) is 18.3 Å². The highest BCUT2D eigenvalue weighted by Crippen LogP contribution is 2.38. The van der Waals surface area contributed by atoms with Gasteiger partial charge in [-0.05, 0) is 19.4 Å². The fraction of sp³-hybridized carbons (Fsp3) is 0.600. The molecule has 0 radical (unpaired) electrons. The van der Waals surface area contributed by atoms with Crippen LogP contribution in [0.15, 0.2) is 30.3 Å². The van der Waals surface area contributed by atoms with E-state index in [1.165, 1.54) is 0 Å². The zero-order valence-electron chi connectivity index (χ0n) is 11.7. The average Bonchev–Trinajstić information content (AvgIpc) is 2.89. The number of aliphatic hydroxyl groups is 1. The number of hydrogen-bond donors (Lipinski definition) is 1. The van der Waals surface area contributed by atoms with E-state index in [2.05, 4.69) is 0 Å². The third kappa shape index (κ3) is 2.73. The Hall–Kier alpha value is -0.980. The molecular weight excluding hydrogens is 260 g/mol. The molecular formula is C15H20O5. The van der Waals surface area contributed by atoms with Gasteiger partial charge >= 0.3 is 0 Å². The van der Waals surface area contributed by atoms with E-state index in [4.69, 9.17) is 18.9 Å². The van der Waals surface area contributed by atoms with Crippen LogP contribution >= 0.6 is 0 Å². The molecule has 0 spiro atoms. The van der Waals surface area contributed by atoms with Crippen LogP contribution in [0.3, 0.4) is 0 Å². The molecule has 0 aromatic heterocycles. The Morgan fingerprint density at radius 1 is 1.20 bits per heavy atom. The summed E-state index contributed by atoms with van der Waals surface area (Å²) in [5.41, 5.74) is 1.07. The quantitative estimate of drug-likeness (QED) is 0.904. The summed E-state index contributed by atoms with van der Waals surface area (Å²) in [6.45, 7) is 4.03. The average molecular weight is 280 g/mol. The molecule has 0 amide bonds. The molecule has 2 heterocycles. The lowest BCUT2D eigenvalue weighted by Gasteiger charge is -2.25. The minimum absolute atomic E-state index is 0.112. The summed E-state index contributed by atoms with van der Waals surface area (Å²) in [6, 6.07) is 9.89. The van der Waals surface area contributed by atoms with Crippen molar-refractivity contribution in [1.82, 2.24) is 0 Å². The van der Waals surface area contributed by atoms with Crippen molar-refractivity contribution in [2.24, 2.45) is 0 Å². The van der Waals surface area contributed by atoms with Crippen molar-refractivity contribution in [3.8, 4) is 0 Å². The van der Waals surface area contributed by atoms with Crippen LogP contribution in [0.25, 0.3) is 0 Å². The lowest BCUT2D eigenvalue weighted by atomic mass is 10.1.